The normalized spacial score (nSPS) is 18.7. The Morgan fingerprint density at radius 3 is 2.70 bits per heavy atom. The van der Waals surface area contributed by atoms with E-state index in [4.69, 9.17) is 4.74 Å². The number of ether oxygens (including phenoxy) is 1. The van der Waals surface area contributed by atoms with Crippen LogP contribution in [0.2, 0.25) is 0 Å². The molecule has 1 aliphatic heterocycles. The maximum atomic E-state index is 12.0. The van der Waals surface area contributed by atoms with Crippen molar-refractivity contribution in [1.29, 1.82) is 0 Å². The molecular formula is C18H26N2O3. The Morgan fingerprint density at radius 2 is 2.04 bits per heavy atom. The number of hydrogen-bond donors (Lipinski definition) is 1. The van der Waals surface area contributed by atoms with Gasteiger partial charge in [0.15, 0.2) is 0 Å². The van der Waals surface area contributed by atoms with Crippen molar-refractivity contribution < 1.29 is 14.3 Å². The number of hydrogen-bond acceptors (Lipinski definition) is 3. The van der Waals surface area contributed by atoms with E-state index in [1.165, 1.54) is 0 Å². The van der Waals surface area contributed by atoms with Crippen LogP contribution in [0.25, 0.3) is 0 Å². The zero-order chi connectivity index (χ0) is 16.9. The highest BCUT2D eigenvalue weighted by atomic mass is 16.5. The van der Waals surface area contributed by atoms with Crippen molar-refractivity contribution in [3.63, 3.8) is 0 Å². The second-order valence-corrected chi connectivity index (χ2v) is 6.95. The van der Waals surface area contributed by atoms with E-state index in [-0.39, 0.29) is 12.5 Å². The van der Waals surface area contributed by atoms with Crippen LogP contribution in [-0.4, -0.2) is 36.0 Å². The summed E-state index contributed by atoms with van der Waals surface area (Å²) in [4.78, 5) is 25.5. The molecule has 0 bridgehead atoms. The van der Waals surface area contributed by atoms with Crippen LogP contribution in [0.3, 0.4) is 0 Å². The zero-order valence-electron chi connectivity index (χ0n) is 14.2. The van der Waals surface area contributed by atoms with Crippen molar-refractivity contribution in [2.75, 3.05) is 13.6 Å². The van der Waals surface area contributed by atoms with Gasteiger partial charge in [-0.25, -0.2) is 4.79 Å². The van der Waals surface area contributed by atoms with Crippen LogP contribution >= 0.6 is 0 Å². The van der Waals surface area contributed by atoms with Crippen LogP contribution in [0.5, 0.6) is 0 Å². The first-order valence-corrected chi connectivity index (χ1v) is 8.08. The molecule has 0 aromatic heterocycles. The highest BCUT2D eigenvalue weighted by Gasteiger charge is 2.30. The van der Waals surface area contributed by atoms with Crippen LogP contribution < -0.4 is 5.32 Å². The average Bonchev–Trinajstić information content (AvgIpc) is 2.49. The summed E-state index contributed by atoms with van der Waals surface area (Å²) in [5.41, 5.74) is 0.565. The second kappa shape index (κ2) is 7.49. The summed E-state index contributed by atoms with van der Waals surface area (Å²) >= 11 is 0. The summed E-state index contributed by atoms with van der Waals surface area (Å²) in [6.07, 6.45) is 1.89. The van der Waals surface area contributed by atoms with Gasteiger partial charge < -0.3 is 15.0 Å². The second-order valence-electron chi connectivity index (χ2n) is 6.95. The highest BCUT2D eigenvalue weighted by Crippen LogP contribution is 2.26. The van der Waals surface area contributed by atoms with E-state index in [0.29, 0.717) is 12.3 Å². The molecule has 1 aromatic carbocycles. The van der Waals surface area contributed by atoms with Gasteiger partial charge in [0.1, 0.15) is 6.61 Å². The summed E-state index contributed by atoms with van der Waals surface area (Å²) in [6.45, 7) is 4.99. The lowest BCUT2D eigenvalue weighted by Gasteiger charge is -2.34. The van der Waals surface area contributed by atoms with Gasteiger partial charge in [0.05, 0.1) is 0 Å². The molecule has 1 N–H and O–H groups in total. The van der Waals surface area contributed by atoms with Crippen molar-refractivity contribution in [3.05, 3.63) is 35.9 Å². The fraction of sp³-hybridized carbons (Fsp3) is 0.556. The smallest absolute Gasteiger partial charge is 0.407 e. The molecule has 23 heavy (non-hydrogen) atoms. The number of carbonyl (C=O) groups excluding carboxylic acids is 2. The van der Waals surface area contributed by atoms with E-state index in [2.05, 4.69) is 5.32 Å². The van der Waals surface area contributed by atoms with Gasteiger partial charge in [-0.15, -0.1) is 0 Å². The SMILES string of the molecule is CN1CCC(CC(C)(C)NC(=O)OCc2ccccc2)CC1=O. The van der Waals surface area contributed by atoms with Crippen molar-refractivity contribution in [1.82, 2.24) is 10.2 Å². The predicted molar refractivity (Wildman–Crippen MR) is 88.8 cm³/mol. The molecule has 0 saturated carbocycles. The van der Waals surface area contributed by atoms with Gasteiger partial charge in [-0.2, -0.15) is 0 Å². The summed E-state index contributed by atoms with van der Waals surface area (Å²) < 4.78 is 5.27. The van der Waals surface area contributed by atoms with Gasteiger partial charge in [-0.3, -0.25) is 4.79 Å². The van der Waals surface area contributed by atoms with Gasteiger partial charge in [0, 0.05) is 25.6 Å². The van der Waals surface area contributed by atoms with Gasteiger partial charge in [0.25, 0.3) is 0 Å². The maximum absolute atomic E-state index is 12.0. The minimum Gasteiger partial charge on any atom is -0.445 e. The molecule has 0 aliphatic carbocycles. The summed E-state index contributed by atoms with van der Waals surface area (Å²) in [5, 5.41) is 2.91. The molecule has 5 nitrogen and oxygen atoms in total. The van der Waals surface area contributed by atoms with E-state index >= 15 is 0 Å². The number of carbonyl (C=O) groups is 2. The zero-order valence-corrected chi connectivity index (χ0v) is 14.2. The van der Waals surface area contributed by atoms with Crippen LogP contribution in [-0.2, 0) is 16.1 Å². The maximum Gasteiger partial charge on any atom is 0.407 e. The summed E-state index contributed by atoms with van der Waals surface area (Å²) in [7, 11) is 1.84. The molecule has 126 valence electrons. The Hall–Kier alpha value is -2.04. The minimum atomic E-state index is -0.418. The summed E-state index contributed by atoms with van der Waals surface area (Å²) in [6, 6.07) is 9.59. The lowest BCUT2D eigenvalue weighted by atomic mass is 9.84. The largest absolute Gasteiger partial charge is 0.445 e. The molecule has 1 aliphatic rings. The van der Waals surface area contributed by atoms with Gasteiger partial charge >= 0.3 is 6.09 Å². The van der Waals surface area contributed by atoms with Gasteiger partial charge in [-0.05, 0) is 38.2 Å². The molecule has 1 aromatic rings. The Bertz CT molecular complexity index is 542. The van der Waals surface area contributed by atoms with E-state index in [9.17, 15) is 9.59 Å². The number of amides is 2. The number of alkyl carbamates (subject to hydrolysis) is 1. The van der Waals surface area contributed by atoms with Crippen molar-refractivity contribution in [2.24, 2.45) is 5.92 Å². The molecule has 1 atom stereocenters. The minimum absolute atomic E-state index is 0.184. The highest BCUT2D eigenvalue weighted by molar-refractivity contribution is 5.76. The number of nitrogens with one attached hydrogen (secondary N) is 1. The number of piperidine rings is 1. The first kappa shape index (κ1) is 17.3. The molecule has 1 saturated heterocycles. The molecule has 2 rings (SSSR count). The fourth-order valence-corrected chi connectivity index (χ4v) is 2.99. The van der Waals surface area contributed by atoms with Crippen LogP contribution in [0.15, 0.2) is 30.3 Å². The molecular weight excluding hydrogens is 292 g/mol. The Balaban J connectivity index is 1.78. The monoisotopic (exact) mass is 318 g/mol. The van der Waals surface area contributed by atoms with Crippen molar-refractivity contribution in [2.45, 2.75) is 45.3 Å². The first-order chi connectivity index (χ1) is 10.9. The lowest BCUT2D eigenvalue weighted by Crippen LogP contribution is -2.46. The van der Waals surface area contributed by atoms with Gasteiger partial charge in [0.2, 0.25) is 5.91 Å². The first-order valence-electron chi connectivity index (χ1n) is 8.08. The molecule has 0 spiro atoms. The van der Waals surface area contributed by atoms with Crippen molar-refractivity contribution in [3.8, 4) is 0 Å². The third kappa shape index (κ3) is 5.58. The van der Waals surface area contributed by atoms with Crippen LogP contribution in [0, 0.1) is 5.92 Å². The standard InChI is InChI=1S/C18H26N2O3/c1-18(2,12-15-9-10-20(3)16(21)11-15)19-17(22)23-13-14-7-5-4-6-8-14/h4-8,15H,9-13H2,1-3H3,(H,19,22). The predicted octanol–water partition coefficient (Wildman–Crippen LogP) is 2.95. The lowest BCUT2D eigenvalue weighted by molar-refractivity contribution is -0.133. The molecule has 1 fully saturated rings. The molecule has 5 heteroatoms. The fourth-order valence-electron chi connectivity index (χ4n) is 2.99. The van der Waals surface area contributed by atoms with Crippen LogP contribution in [0.4, 0.5) is 4.79 Å². The number of rotatable bonds is 5. The quantitative estimate of drug-likeness (QED) is 0.908. The van der Waals surface area contributed by atoms with E-state index < -0.39 is 11.6 Å². The Morgan fingerprint density at radius 1 is 1.35 bits per heavy atom. The van der Waals surface area contributed by atoms with E-state index in [1.54, 1.807) is 4.90 Å². The Kier molecular flexibility index (Phi) is 5.64. The third-order valence-electron chi connectivity index (χ3n) is 4.21. The topological polar surface area (TPSA) is 58.6 Å². The molecule has 1 heterocycles. The Labute approximate surface area is 138 Å². The molecule has 2 amide bonds. The van der Waals surface area contributed by atoms with Gasteiger partial charge in [-0.1, -0.05) is 30.3 Å². The van der Waals surface area contributed by atoms with Crippen molar-refractivity contribution >= 4 is 12.0 Å². The third-order valence-corrected chi connectivity index (χ3v) is 4.21. The number of benzene rings is 1. The summed E-state index contributed by atoms with van der Waals surface area (Å²) in [5.74, 6) is 0.492. The van der Waals surface area contributed by atoms with E-state index in [1.807, 2.05) is 51.2 Å². The average molecular weight is 318 g/mol. The number of likely N-dealkylation sites (tertiary alicyclic amines) is 1. The molecule has 0 radical (unpaired) electrons. The number of nitrogens with zero attached hydrogens (tertiary/aromatic N) is 1. The van der Waals surface area contributed by atoms with E-state index in [0.717, 1.165) is 24.9 Å². The van der Waals surface area contributed by atoms with Crippen LogP contribution in [0.1, 0.15) is 38.7 Å². The molecule has 1 unspecified atom stereocenters.